The second kappa shape index (κ2) is 7.85. The molecule has 1 unspecified atom stereocenters. The molecule has 0 fully saturated rings. The highest BCUT2D eigenvalue weighted by Gasteiger charge is 2.25. The highest BCUT2D eigenvalue weighted by Crippen LogP contribution is 2.04. The predicted octanol–water partition coefficient (Wildman–Crippen LogP) is 0.252. The van der Waals surface area contributed by atoms with Gasteiger partial charge in [-0.05, 0) is 6.42 Å². The number of rotatable bonds is 9. The maximum atomic E-state index is 11.7. The molecular formula is C8H16F2N2O3S2. The molecule has 0 bridgehead atoms. The Hall–Kier alpha value is -0.380. The smallest absolute Gasteiger partial charge is 0.261 e. The summed E-state index contributed by atoms with van der Waals surface area (Å²) in [6, 6.07) is 0. The van der Waals surface area contributed by atoms with E-state index < -0.39 is 28.3 Å². The van der Waals surface area contributed by atoms with Crippen LogP contribution in [0.1, 0.15) is 13.3 Å². The van der Waals surface area contributed by atoms with Gasteiger partial charge in [0.2, 0.25) is 10.0 Å². The molecule has 102 valence electrons. The van der Waals surface area contributed by atoms with E-state index in [1.807, 2.05) is 0 Å². The molecule has 0 aliphatic heterocycles. The molecule has 1 atom stereocenters. The molecule has 0 aliphatic rings. The average Bonchev–Trinajstić information content (AvgIpc) is 2.16. The number of hydrogen-bond acceptors (Lipinski definition) is 4. The second-order valence-corrected chi connectivity index (χ2v) is 5.62. The van der Waals surface area contributed by atoms with Crippen molar-refractivity contribution in [1.82, 2.24) is 4.72 Å². The fourth-order valence-electron chi connectivity index (χ4n) is 1.10. The first-order valence-corrected chi connectivity index (χ1v) is 6.90. The third-order valence-electron chi connectivity index (χ3n) is 1.86. The molecule has 0 aromatic heterocycles. The number of sulfonamides is 1. The van der Waals surface area contributed by atoms with Crippen molar-refractivity contribution in [2.75, 3.05) is 19.8 Å². The molecule has 3 N–H and O–H groups in total. The van der Waals surface area contributed by atoms with Gasteiger partial charge in [0.15, 0.2) is 0 Å². The highest BCUT2D eigenvalue weighted by atomic mass is 32.2. The number of hydrogen-bond donors (Lipinski definition) is 2. The van der Waals surface area contributed by atoms with Crippen LogP contribution in [0.25, 0.3) is 0 Å². The molecule has 0 radical (unpaired) electrons. The first-order chi connectivity index (χ1) is 7.81. The molecule has 0 aromatic carbocycles. The summed E-state index contributed by atoms with van der Waals surface area (Å²) in [6.45, 7) is 0.704. The number of halogens is 2. The van der Waals surface area contributed by atoms with Crippen molar-refractivity contribution in [1.29, 1.82) is 0 Å². The van der Waals surface area contributed by atoms with E-state index in [2.05, 4.69) is 21.7 Å². The standard InChI is InChI=1S/C8H16F2N2O3S2/c1-2-6(8(11)16)17(13,14)12-3-4-15-5-7(9)10/h6-7,12H,2-5H2,1H3,(H2,11,16). The van der Waals surface area contributed by atoms with E-state index in [-0.39, 0.29) is 24.6 Å². The van der Waals surface area contributed by atoms with Gasteiger partial charge < -0.3 is 10.5 Å². The van der Waals surface area contributed by atoms with E-state index in [0.717, 1.165) is 0 Å². The first-order valence-electron chi connectivity index (χ1n) is 4.95. The maximum absolute atomic E-state index is 11.7. The second-order valence-electron chi connectivity index (χ2n) is 3.20. The van der Waals surface area contributed by atoms with Crippen molar-refractivity contribution in [3.63, 3.8) is 0 Å². The van der Waals surface area contributed by atoms with Crippen LogP contribution in [-0.2, 0) is 14.8 Å². The third kappa shape index (κ3) is 6.81. The Morgan fingerprint density at radius 3 is 2.53 bits per heavy atom. The lowest BCUT2D eigenvalue weighted by atomic mass is 10.3. The van der Waals surface area contributed by atoms with Crippen LogP contribution in [-0.4, -0.2) is 44.8 Å². The van der Waals surface area contributed by atoms with E-state index in [0.29, 0.717) is 0 Å². The van der Waals surface area contributed by atoms with Gasteiger partial charge in [0.05, 0.1) is 11.6 Å². The molecule has 0 rings (SSSR count). The van der Waals surface area contributed by atoms with E-state index in [1.54, 1.807) is 6.92 Å². The number of alkyl halides is 2. The molecule has 0 heterocycles. The van der Waals surface area contributed by atoms with Gasteiger partial charge in [-0.25, -0.2) is 21.9 Å². The van der Waals surface area contributed by atoms with E-state index in [4.69, 9.17) is 5.73 Å². The molecule has 0 saturated carbocycles. The third-order valence-corrected chi connectivity index (χ3v) is 4.23. The van der Waals surface area contributed by atoms with Crippen LogP contribution in [0.2, 0.25) is 0 Å². The molecule has 17 heavy (non-hydrogen) atoms. The van der Waals surface area contributed by atoms with Crippen LogP contribution >= 0.6 is 12.2 Å². The summed E-state index contributed by atoms with van der Waals surface area (Å²) in [4.78, 5) is -0.117. The van der Waals surface area contributed by atoms with E-state index >= 15 is 0 Å². The Morgan fingerprint density at radius 1 is 1.53 bits per heavy atom. The summed E-state index contributed by atoms with van der Waals surface area (Å²) in [5.41, 5.74) is 5.29. The lowest BCUT2D eigenvalue weighted by Gasteiger charge is -2.15. The molecule has 0 aromatic rings. The minimum Gasteiger partial charge on any atom is -0.392 e. The van der Waals surface area contributed by atoms with Crippen molar-refractivity contribution in [3.05, 3.63) is 0 Å². The molecule has 0 saturated heterocycles. The van der Waals surface area contributed by atoms with Gasteiger partial charge in [-0.3, -0.25) is 0 Å². The predicted molar refractivity (Wildman–Crippen MR) is 64.6 cm³/mol. The van der Waals surface area contributed by atoms with Crippen LogP contribution in [0.4, 0.5) is 8.78 Å². The van der Waals surface area contributed by atoms with Crippen LogP contribution in [0.3, 0.4) is 0 Å². The zero-order chi connectivity index (χ0) is 13.5. The Labute approximate surface area is 105 Å². The Morgan fingerprint density at radius 2 is 2.12 bits per heavy atom. The van der Waals surface area contributed by atoms with Gasteiger partial charge in [0, 0.05) is 6.54 Å². The summed E-state index contributed by atoms with van der Waals surface area (Å²) in [5, 5.41) is -0.951. The number of nitrogens with one attached hydrogen (secondary N) is 1. The summed E-state index contributed by atoms with van der Waals surface area (Å²) in [5.74, 6) is 0. The monoisotopic (exact) mass is 290 g/mol. The molecule has 0 spiro atoms. The van der Waals surface area contributed by atoms with Crippen LogP contribution in [0.15, 0.2) is 0 Å². The number of ether oxygens (including phenoxy) is 1. The minimum absolute atomic E-state index is 0.0891. The van der Waals surface area contributed by atoms with Gasteiger partial charge in [-0.2, -0.15) is 0 Å². The Kier molecular flexibility index (Phi) is 7.68. The summed E-state index contributed by atoms with van der Waals surface area (Å²) < 4.78 is 53.3. The van der Waals surface area contributed by atoms with E-state index in [1.165, 1.54) is 0 Å². The molecule has 0 aliphatic carbocycles. The molecule has 0 amide bonds. The summed E-state index contributed by atoms with van der Waals surface area (Å²) >= 11 is 4.63. The van der Waals surface area contributed by atoms with Gasteiger partial charge in [0.25, 0.3) is 6.43 Å². The Bertz CT molecular complexity index is 336. The molecular weight excluding hydrogens is 274 g/mol. The van der Waals surface area contributed by atoms with Gasteiger partial charge in [-0.15, -0.1) is 0 Å². The fourth-order valence-corrected chi connectivity index (χ4v) is 2.96. The van der Waals surface area contributed by atoms with Crippen molar-refractivity contribution >= 4 is 27.2 Å². The van der Waals surface area contributed by atoms with Crippen LogP contribution in [0.5, 0.6) is 0 Å². The van der Waals surface area contributed by atoms with Gasteiger partial charge >= 0.3 is 0 Å². The average molecular weight is 290 g/mol. The normalized spacial score (nSPS) is 13.9. The van der Waals surface area contributed by atoms with Crippen LogP contribution < -0.4 is 10.5 Å². The fraction of sp³-hybridized carbons (Fsp3) is 0.875. The van der Waals surface area contributed by atoms with Gasteiger partial charge in [-0.1, -0.05) is 19.1 Å². The van der Waals surface area contributed by atoms with Crippen LogP contribution in [0, 0.1) is 0 Å². The Balaban J connectivity index is 4.06. The topological polar surface area (TPSA) is 81.4 Å². The zero-order valence-corrected chi connectivity index (χ0v) is 11.0. The lowest BCUT2D eigenvalue weighted by molar-refractivity contribution is 0.0199. The number of thiocarbonyl (C=S) groups is 1. The van der Waals surface area contributed by atoms with Crippen molar-refractivity contribution in [3.8, 4) is 0 Å². The van der Waals surface area contributed by atoms with E-state index in [9.17, 15) is 17.2 Å². The zero-order valence-electron chi connectivity index (χ0n) is 9.36. The van der Waals surface area contributed by atoms with Gasteiger partial charge in [0.1, 0.15) is 11.9 Å². The first kappa shape index (κ1) is 16.6. The quantitative estimate of drug-likeness (QED) is 0.470. The van der Waals surface area contributed by atoms with Crippen molar-refractivity contribution < 1.29 is 21.9 Å². The van der Waals surface area contributed by atoms with Crippen molar-refractivity contribution in [2.45, 2.75) is 25.0 Å². The number of nitrogens with two attached hydrogens (primary N) is 1. The summed E-state index contributed by atoms with van der Waals surface area (Å²) in [7, 11) is -3.66. The van der Waals surface area contributed by atoms with Crippen molar-refractivity contribution in [2.24, 2.45) is 5.73 Å². The SMILES string of the molecule is CCC(C(N)=S)S(=O)(=O)NCCOCC(F)F. The maximum Gasteiger partial charge on any atom is 0.261 e. The lowest BCUT2D eigenvalue weighted by Crippen LogP contribution is -2.42. The highest BCUT2D eigenvalue weighted by molar-refractivity contribution is 7.93. The summed E-state index contributed by atoms with van der Waals surface area (Å²) in [6.07, 6.45) is -2.31. The molecule has 5 nitrogen and oxygen atoms in total. The molecule has 9 heteroatoms. The minimum atomic E-state index is -3.66. The largest absolute Gasteiger partial charge is 0.392 e.